The first-order valence-corrected chi connectivity index (χ1v) is 9.49. The minimum absolute atomic E-state index is 0.0981. The number of rotatable bonds is 6. The average molecular weight is 335 g/mol. The van der Waals surface area contributed by atoms with Crippen LogP contribution < -0.4 is 5.32 Å². The number of nitrogens with zero attached hydrogens (tertiary/aromatic N) is 2. The highest BCUT2D eigenvalue weighted by Gasteiger charge is 2.18. The fourth-order valence-corrected chi connectivity index (χ4v) is 3.81. The Bertz CT molecular complexity index is 794. The normalized spacial score (nSPS) is 13.1. The molecule has 2 rings (SSSR count). The zero-order chi connectivity index (χ0) is 17.2. The molecule has 1 heterocycles. The molecule has 0 spiro atoms. The van der Waals surface area contributed by atoms with Gasteiger partial charge in [-0.2, -0.15) is 5.10 Å². The number of sulfone groups is 1. The minimum Gasteiger partial charge on any atom is -0.381 e. The lowest BCUT2D eigenvalue weighted by atomic mass is 10.1. The zero-order valence-corrected chi connectivity index (χ0v) is 15.2. The Balaban J connectivity index is 2.23. The van der Waals surface area contributed by atoms with Gasteiger partial charge in [0.25, 0.3) is 0 Å². The molecule has 1 aromatic heterocycles. The highest BCUT2D eigenvalue weighted by Crippen LogP contribution is 2.24. The van der Waals surface area contributed by atoms with Gasteiger partial charge in [0.05, 0.1) is 22.0 Å². The van der Waals surface area contributed by atoms with Crippen LogP contribution in [0.25, 0.3) is 0 Å². The van der Waals surface area contributed by atoms with E-state index in [1.165, 1.54) is 5.56 Å². The smallest absolute Gasteiger partial charge is 0.180 e. The van der Waals surface area contributed by atoms with E-state index in [9.17, 15) is 8.42 Å². The van der Waals surface area contributed by atoms with Crippen molar-refractivity contribution in [2.24, 2.45) is 7.05 Å². The first-order valence-electron chi connectivity index (χ1n) is 7.83. The Hall–Kier alpha value is -1.82. The van der Waals surface area contributed by atoms with Gasteiger partial charge in [0.2, 0.25) is 0 Å². The van der Waals surface area contributed by atoms with Crippen molar-refractivity contribution < 1.29 is 8.42 Å². The Kier molecular flexibility index (Phi) is 5.14. The van der Waals surface area contributed by atoms with E-state index in [4.69, 9.17) is 0 Å². The van der Waals surface area contributed by atoms with Gasteiger partial charge in [0.1, 0.15) is 0 Å². The molecule has 23 heavy (non-hydrogen) atoms. The molecule has 0 saturated heterocycles. The number of nitrogens with one attached hydrogen (secondary N) is 1. The van der Waals surface area contributed by atoms with Gasteiger partial charge in [-0.15, -0.1) is 0 Å². The number of benzene rings is 1. The Morgan fingerprint density at radius 2 is 1.91 bits per heavy atom. The molecule has 2 aromatic rings. The maximum absolute atomic E-state index is 12.2. The number of anilines is 1. The zero-order valence-electron chi connectivity index (χ0n) is 14.4. The van der Waals surface area contributed by atoms with Crippen molar-refractivity contribution in [1.82, 2.24) is 9.78 Å². The monoisotopic (exact) mass is 335 g/mol. The third kappa shape index (κ3) is 3.75. The number of hydrogen-bond acceptors (Lipinski definition) is 4. The topological polar surface area (TPSA) is 64.0 Å². The van der Waals surface area contributed by atoms with Crippen LogP contribution in [0.2, 0.25) is 0 Å². The maximum atomic E-state index is 12.2. The summed E-state index contributed by atoms with van der Waals surface area (Å²) in [6.07, 6.45) is 0.798. The molecule has 5 nitrogen and oxygen atoms in total. The molecule has 1 aromatic carbocycles. The molecule has 0 unspecified atom stereocenters. The van der Waals surface area contributed by atoms with Crippen molar-refractivity contribution in [2.75, 3.05) is 11.1 Å². The molecule has 0 aliphatic carbocycles. The SMILES string of the molecule is CCS(=O)(=O)c1ccccc1N[C@@H](C)Cc1c(C)nn(C)c1C. The van der Waals surface area contributed by atoms with Gasteiger partial charge in [0, 0.05) is 18.8 Å². The van der Waals surface area contributed by atoms with Crippen molar-refractivity contribution in [3.8, 4) is 0 Å². The first kappa shape index (κ1) is 17.5. The average Bonchev–Trinajstić information content (AvgIpc) is 2.74. The predicted molar refractivity (Wildman–Crippen MR) is 93.6 cm³/mol. The summed E-state index contributed by atoms with van der Waals surface area (Å²) in [7, 11) is -1.30. The maximum Gasteiger partial charge on any atom is 0.180 e. The van der Waals surface area contributed by atoms with Crippen LogP contribution in [-0.4, -0.2) is 30.0 Å². The van der Waals surface area contributed by atoms with Gasteiger partial charge in [-0.25, -0.2) is 8.42 Å². The van der Waals surface area contributed by atoms with Crippen LogP contribution >= 0.6 is 0 Å². The number of para-hydroxylation sites is 1. The van der Waals surface area contributed by atoms with Crippen molar-refractivity contribution in [3.63, 3.8) is 0 Å². The summed E-state index contributed by atoms with van der Waals surface area (Å²) in [6, 6.07) is 7.19. The Morgan fingerprint density at radius 3 is 2.48 bits per heavy atom. The standard InChI is InChI=1S/C17H25N3O2S/c1-6-23(21,22)17-10-8-7-9-16(17)18-12(2)11-15-13(3)19-20(5)14(15)4/h7-10,12,18H,6,11H2,1-5H3/t12-/m0/s1. The highest BCUT2D eigenvalue weighted by molar-refractivity contribution is 7.91. The molecule has 1 N–H and O–H groups in total. The van der Waals surface area contributed by atoms with Crippen LogP contribution in [0.5, 0.6) is 0 Å². The van der Waals surface area contributed by atoms with Crippen LogP contribution in [0.4, 0.5) is 5.69 Å². The lowest BCUT2D eigenvalue weighted by Crippen LogP contribution is -2.20. The van der Waals surface area contributed by atoms with E-state index >= 15 is 0 Å². The lowest BCUT2D eigenvalue weighted by Gasteiger charge is -2.18. The van der Waals surface area contributed by atoms with E-state index in [0.717, 1.165) is 17.8 Å². The van der Waals surface area contributed by atoms with Crippen LogP contribution in [0.3, 0.4) is 0 Å². The molecule has 0 bridgehead atoms. The first-order chi connectivity index (χ1) is 10.8. The molecule has 0 fully saturated rings. The van der Waals surface area contributed by atoms with Crippen LogP contribution in [0.15, 0.2) is 29.2 Å². The molecule has 0 amide bonds. The second-order valence-corrected chi connectivity index (χ2v) is 8.17. The van der Waals surface area contributed by atoms with Crippen molar-refractivity contribution in [2.45, 2.75) is 45.1 Å². The quantitative estimate of drug-likeness (QED) is 0.881. The van der Waals surface area contributed by atoms with Crippen LogP contribution in [0, 0.1) is 13.8 Å². The molecule has 1 atom stereocenters. The number of aryl methyl sites for hydroxylation is 2. The van der Waals surface area contributed by atoms with Gasteiger partial charge in [-0.05, 0) is 44.9 Å². The van der Waals surface area contributed by atoms with Crippen molar-refractivity contribution in [3.05, 3.63) is 41.2 Å². The van der Waals surface area contributed by atoms with Crippen molar-refractivity contribution >= 4 is 15.5 Å². The Morgan fingerprint density at radius 1 is 1.26 bits per heavy atom. The lowest BCUT2D eigenvalue weighted by molar-refractivity contribution is 0.597. The molecule has 0 aliphatic rings. The summed E-state index contributed by atoms with van der Waals surface area (Å²) in [4.78, 5) is 0.369. The van der Waals surface area contributed by atoms with Crippen LogP contribution in [0.1, 0.15) is 30.8 Å². The van der Waals surface area contributed by atoms with Gasteiger partial charge in [-0.3, -0.25) is 4.68 Å². The fourth-order valence-electron chi connectivity index (χ4n) is 2.75. The molecule has 0 saturated carbocycles. The number of hydrogen-bond donors (Lipinski definition) is 1. The number of aromatic nitrogens is 2. The molecule has 0 radical (unpaired) electrons. The minimum atomic E-state index is -3.24. The molecule has 126 valence electrons. The summed E-state index contributed by atoms with van der Waals surface area (Å²) in [5.74, 6) is 0.0981. The van der Waals surface area contributed by atoms with E-state index in [1.807, 2.05) is 30.8 Å². The summed E-state index contributed by atoms with van der Waals surface area (Å²) < 4.78 is 26.3. The molecular weight excluding hydrogens is 310 g/mol. The summed E-state index contributed by atoms with van der Waals surface area (Å²) in [6.45, 7) is 7.78. The van der Waals surface area contributed by atoms with Crippen LogP contribution in [-0.2, 0) is 23.3 Å². The molecular formula is C17H25N3O2S. The van der Waals surface area contributed by atoms with Gasteiger partial charge in [0.15, 0.2) is 9.84 Å². The van der Waals surface area contributed by atoms with Gasteiger partial charge in [-0.1, -0.05) is 19.1 Å². The largest absolute Gasteiger partial charge is 0.381 e. The molecule has 6 heteroatoms. The molecule has 0 aliphatic heterocycles. The summed E-state index contributed by atoms with van der Waals surface area (Å²) in [5.41, 5.74) is 4.04. The third-order valence-electron chi connectivity index (χ3n) is 4.17. The summed E-state index contributed by atoms with van der Waals surface area (Å²) >= 11 is 0. The van der Waals surface area contributed by atoms with E-state index < -0.39 is 9.84 Å². The van der Waals surface area contributed by atoms with Gasteiger partial charge < -0.3 is 5.32 Å². The predicted octanol–water partition coefficient (Wildman–Crippen LogP) is 2.87. The van der Waals surface area contributed by atoms with E-state index in [2.05, 4.69) is 24.3 Å². The second kappa shape index (κ2) is 6.74. The van der Waals surface area contributed by atoms with E-state index in [1.54, 1.807) is 19.1 Å². The van der Waals surface area contributed by atoms with E-state index in [-0.39, 0.29) is 11.8 Å². The fraction of sp³-hybridized carbons (Fsp3) is 0.471. The second-order valence-electron chi connectivity index (χ2n) is 5.92. The van der Waals surface area contributed by atoms with Gasteiger partial charge >= 0.3 is 0 Å². The highest BCUT2D eigenvalue weighted by atomic mass is 32.2. The summed E-state index contributed by atoms with van der Waals surface area (Å²) in [5, 5.41) is 7.78. The van der Waals surface area contributed by atoms with E-state index in [0.29, 0.717) is 10.6 Å². The Labute approximate surface area is 138 Å². The third-order valence-corrected chi connectivity index (χ3v) is 5.96. The van der Waals surface area contributed by atoms with Crippen molar-refractivity contribution in [1.29, 1.82) is 0 Å².